The third-order valence-electron chi connectivity index (χ3n) is 3.05. The predicted octanol–water partition coefficient (Wildman–Crippen LogP) is 1.89. The Morgan fingerprint density at radius 2 is 2.11 bits per heavy atom. The first-order valence-corrected chi connectivity index (χ1v) is 6.28. The van der Waals surface area contributed by atoms with Crippen LogP contribution in [0.2, 0.25) is 0 Å². The Balaban J connectivity index is 2.44. The molecule has 1 aliphatic rings. The molecule has 1 aromatic heterocycles. The standard InChI is InChI=1S/C11H15F3N4S/c1-6-8(9(15)19)10(17(2)16-6)18(7-3-4-7)5-11(12,13)14/h7H,3-5H2,1-2H3,(H2,15,19). The molecular weight excluding hydrogens is 277 g/mol. The van der Waals surface area contributed by atoms with Crippen LogP contribution >= 0.6 is 12.2 Å². The maximum absolute atomic E-state index is 12.7. The molecule has 4 nitrogen and oxygen atoms in total. The summed E-state index contributed by atoms with van der Waals surface area (Å²) in [5.41, 5.74) is 6.61. The minimum atomic E-state index is -4.27. The van der Waals surface area contributed by atoms with E-state index >= 15 is 0 Å². The largest absolute Gasteiger partial charge is 0.405 e. The Hall–Kier alpha value is -1.31. The van der Waals surface area contributed by atoms with Crippen molar-refractivity contribution in [3.63, 3.8) is 0 Å². The number of thiocarbonyl (C=S) groups is 1. The minimum Gasteiger partial charge on any atom is -0.389 e. The fourth-order valence-corrected chi connectivity index (χ4v) is 2.46. The second kappa shape index (κ2) is 4.66. The van der Waals surface area contributed by atoms with Crippen LogP contribution in [-0.2, 0) is 7.05 Å². The van der Waals surface area contributed by atoms with Gasteiger partial charge in [-0.05, 0) is 19.8 Å². The van der Waals surface area contributed by atoms with Gasteiger partial charge in [-0.15, -0.1) is 0 Å². The molecule has 0 aliphatic heterocycles. The van der Waals surface area contributed by atoms with Gasteiger partial charge >= 0.3 is 6.18 Å². The lowest BCUT2D eigenvalue weighted by Gasteiger charge is -2.26. The summed E-state index contributed by atoms with van der Waals surface area (Å²) in [4.78, 5) is 1.39. The van der Waals surface area contributed by atoms with Gasteiger partial charge in [0.05, 0.1) is 11.3 Å². The molecule has 2 N–H and O–H groups in total. The summed E-state index contributed by atoms with van der Waals surface area (Å²) in [6.07, 6.45) is -2.78. The third kappa shape index (κ3) is 2.99. The number of alkyl halides is 3. The van der Waals surface area contributed by atoms with Crippen molar-refractivity contribution < 1.29 is 13.2 Å². The van der Waals surface area contributed by atoms with Crippen LogP contribution in [0.1, 0.15) is 24.1 Å². The van der Waals surface area contributed by atoms with E-state index in [0.29, 0.717) is 17.1 Å². The van der Waals surface area contributed by atoms with Gasteiger partial charge in [-0.2, -0.15) is 18.3 Å². The van der Waals surface area contributed by atoms with Crippen molar-refractivity contribution in [3.05, 3.63) is 11.3 Å². The molecule has 0 saturated heterocycles. The van der Waals surface area contributed by atoms with Crippen molar-refractivity contribution in [2.24, 2.45) is 12.8 Å². The molecule has 0 bridgehead atoms. The Kier molecular flexibility index (Phi) is 3.46. The van der Waals surface area contributed by atoms with Crippen molar-refractivity contribution in [2.75, 3.05) is 11.4 Å². The molecule has 1 aliphatic carbocycles. The lowest BCUT2D eigenvalue weighted by atomic mass is 10.2. The van der Waals surface area contributed by atoms with Crippen LogP contribution in [0.25, 0.3) is 0 Å². The maximum Gasteiger partial charge on any atom is 0.405 e. The smallest absolute Gasteiger partial charge is 0.389 e. The number of nitrogens with two attached hydrogens (primary N) is 1. The van der Waals surface area contributed by atoms with Gasteiger partial charge in [-0.3, -0.25) is 4.68 Å². The van der Waals surface area contributed by atoms with E-state index < -0.39 is 12.7 Å². The van der Waals surface area contributed by atoms with Gasteiger partial charge in [-0.25, -0.2) is 0 Å². The zero-order valence-corrected chi connectivity index (χ0v) is 11.5. The summed E-state index contributed by atoms with van der Waals surface area (Å²) in [5.74, 6) is 0.366. The number of halogens is 3. The molecule has 0 radical (unpaired) electrons. The summed E-state index contributed by atoms with van der Waals surface area (Å²) in [6.45, 7) is 0.683. The quantitative estimate of drug-likeness (QED) is 0.861. The fraction of sp³-hybridized carbons (Fsp3) is 0.636. The molecule has 2 rings (SSSR count). The fourth-order valence-electron chi connectivity index (χ4n) is 2.22. The van der Waals surface area contributed by atoms with E-state index in [4.69, 9.17) is 18.0 Å². The van der Waals surface area contributed by atoms with Crippen LogP contribution in [-0.4, -0.2) is 33.5 Å². The molecule has 0 atom stereocenters. The molecule has 0 aromatic carbocycles. The average Bonchev–Trinajstić information content (AvgIpc) is 2.99. The van der Waals surface area contributed by atoms with Crippen LogP contribution in [0, 0.1) is 6.92 Å². The van der Waals surface area contributed by atoms with Crippen molar-refractivity contribution in [3.8, 4) is 0 Å². The summed E-state index contributed by atoms with van der Waals surface area (Å²) in [6, 6.07) is -0.107. The lowest BCUT2D eigenvalue weighted by molar-refractivity contribution is -0.120. The van der Waals surface area contributed by atoms with Crippen LogP contribution in [0.5, 0.6) is 0 Å². The zero-order valence-electron chi connectivity index (χ0n) is 10.7. The van der Waals surface area contributed by atoms with E-state index in [2.05, 4.69) is 5.10 Å². The van der Waals surface area contributed by atoms with E-state index in [1.807, 2.05) is 0 Å². The maximum atomic E-state index is 12.7. The first kappa shape index (κ1) is 14.1. The van der Waals surface area contributed by atoms with Gasteiger partial charge in [0.1, 0.15) is 17.4 Å². The summed E-state index contributed by atoms with van der Waals surface area (Å²) in [7, 11) is 1.61. The molecule has 1 fully saturated rings. The summed E-state index contributed by atoms with van der Waals surface area (Å²) in [5, 5.41) is 4.13. The van der Waals surface area contributed by atoms with Gasteiger partial charge in [0.2, 0.25) is 0 Å². The average molecular weight is 292 g/mol. The van der Waals surface area contributed by atoms with E-state index in [9.17, 15) is 13.2 Å². The van der Waals surface area contributed by atoms with Gasteiger partial charge < -0.3 is 10.6 Å². The highest BCUT2D eigenvalue weighted by Crippen LogP contribution is 2.36. The number of anilines is 1. The molecule has 19 heavy (non-hydrogen) atoms. The molecule has 0 unspecified atom stereocenters. The molecule has 0 spiro atoms. The van der Waals surface area contributed by atoms with Gasteiger partial charge in [0.15, 0.2) is 0 Å². The Morgan fingerprint density at radius 1 is 1.53 bits per heavy atom. The second-order valence-corrected chi connectivity index (χ2v) is 5.19. The molecule has 1 aromatic rings. The number of hydrogen-bond acceptors (Lipinski definition) is 3. The van der Waals surface area contributed by atoms with Crippen molar-refractivity contribution in [1.29, 1.82) is 0 Å². The van der Waals surface area contributed by atoms with Gasteiger partial charge in [0, 0.05) is 13.1 Å². The van der Waals surface area contributed by atoms with Crippen LogP contribution in [0.4, 0.5) is 19.0 Å². The first-order chi connectivity index (χ1) is 8.70. The second-order valence-electron chi connectivity index (χ2n) is 4.75. The van der Waals surface area contributed by atoms with Gasteiger partial charge in [-0.1, -0.05) is 12.2 Å². The number of nitrogens with zero attached hydrogens (tertiary/aromatic N) is 3. The van der Waals surface area contributed by atoms with Crippen molar-refractivity contribution >= 4 is 23.0 Å². The van der Waals surface area contributed by atoms with E-state index in [1.165, 1.54) is 9.58 Å². The highest BCUT2D eigenvalue weighted by atomic mass is 32.1. The SMILES string of the molecule is Cc1nn(C)c(N(CC(F)(F)F)C2CC2)c1C(N)=S. The normalized spacial score (nSPS) is 15.6. The van der Waals surface area contributed by atoms with E-state index in [1.54, 1.807) is 14.0 Å². The highest BCUT2D eigenvalue weighted by molar-refractivity contribution is 7.80. The minimum absolute atomic E-state index is 0.0772. The third-order valence-corrected chi connectivity index (χ3v) is 3.25. The van der Waals surface area contributed by atoms with E-state index in [0.717, 1.165) is 12.8 Å². The summed E-state index contributed by atoms with van der Waals surface area (Å²) >= 11 is 4.93. The first-order valence-electron chi connectivity index (χ1n) is 5.87. The van der Waals surface area contributed by atoms with Crippen LogP contribution in [0.3, 0.4) is 0 Å². The zero-order chi connectivity index (χ0) is 14.4. The highest BCUT2D eigenvalue weighted by Gasteiger charge is 2.40. The topological polar surface area (TPSA) is 47.1 Å². The number of hydrogen-bond donors (Lipinski definition) is 1. The van der Waals surface area contributed by atoms with Crippen molar-refractivity contribution in [2.45, 2.75) is 32.0 Å². The Labute approximate surface area is 114 Å². The van der Waals surface area contributed by atoms with Gasteiger partial charge in [0.25, 0.3) is 0 Å². The lowest BCUT2D eigenvalue weighted by Crippen LogP contribution is -2.38. The molecule has 1 saturated carbocycles. The Morgan fingerprint density at radius 3 is 2.53 bits per heavy atom. The Bertz CT molecular complexity index is 505. The van der Waals surface area contributed by atoms with Crippen LogP contribution in [0.15, 0.2) is 0 Å². The van der Waals surface area contributed by atoms with Crippen molar-refractivity contribution in [1.82, 2.24) is 9.78 Å². The van der Waals surface area contributed by atoms with E-state index in [-0.39, 0.29) is 11.0 Å². The molecule has 0 amide bonds. The number of aryl methyl sites for hydroxylation is 2. The molecule has 8 heteroatoms. The number of aromatic nitrogens is 2. The monoisotopic (exact) mass is 292 g/mol. The number of rotatable bonds is 4. The molecule has 106 valence electrons. The molecule has 1 heterocycles. The predicted molar refractivity (Wildman–Crippen MR) is 70.3 cm³/mol. The van der Waals surface area contributed by atoms with Crippen LogP contribution < -0.4 is 10.6 Å². The summed E-state index contributed by atoms with van der Waals surface area (Å²) < 4.78 is 39.6. The molecular formula is C11H15F3N4S.